The lowest BCUT2D eigenvalue weighted by molar-refractivity contribution is -0.0101. The van der Waals surface area contributed by atoms with Gasteiger partial charge in [0, 0.05) is 14.1 Å². The van der Waals surface area contributed by atoms with Gasteiger partial charge in [0.15, 0.2) is 11.2 Å². The minimum atomic E-state index is -0.615. The fourth-order valence-electron chi connectivity index (χ4n) is 3.11. The third-order valence-electron chi connectivity index (χ3n) is 4.65. The van der Waals surface area contributed by atoms with E-state index in [-0.39, 0.29) is 5.56 Å². The molecule has 0 amide bonds. The summed E-state index contributed by atoms with van der Waals surface area (Å²) >= 11 is 0. The Morgan fingerprint density at radius 2 is 1.90 bits per heavy atom. The van der Waals surface area contributed by atoms with Gasteiger partial charge in [-0.15, -0.1) is 0 Å². The van der Waals surface area contributed by atoms with Crippen LogP contribution in [0.1, 0.15) is 12.8 Å². The Bertz CT molecular complexity index is 851. The van der Waals surface area contributed by atoms with Gasteiger partial charge in [0.1, 0.15) is 5.60 Å². The van der Waals surface area contributed by atoms with Gasteiger partial charge >= 0.3 is 5.69 Å². The molecular weight excluding hydrogens is 274 g/mol. The van der Waals surface area contributed by atoms with E-state index in [9.17, 15) is 14.7 Å². The second-order valence-electron chi connectivity index (χ2n) is 6.20. The van der Waals surface area contributed by atoms with Gasteiger partial charge in [-0.2, -0.15) is 4.98 Å². The fraction of sp³-hybridized carbons (Fsp3) is 0.615. The van der Waals surface area contributed by atoms with Gasteiger partial charge in [0.25, 0.3) is 5.56 Å². The zero-order valence-electron chi connectivity index (χ0n) is 12.0. The van der Waals surface area contributed by atoms with E-state index in [1.165, 1.54) is 11.6 Å². The monoisotopic (exact) mass is 291 g/mol. The number of aromatic nitrogens is 4. The van der Waals surface area contributed by atoms with Gasteiger partial charge in [0.05, 0.1) is 13.1 Å². The summed E-state index contributed by atoms with van der Waals surface area (Å²) in [4.78, 5) is 33.2. The summed E-state index contributed by atoms with van der Waals surface area (Å²) in [5.74, 6) is 0.934. The third kappa shape index (κ3) is 1.62. The second-order valence-corrected chi connectivity index (χ2v) is 6.20. The molecule has 2 N–H and O–H groups in total. The smallest absolute Gasteiger partial charge is 0.332 e. The molecule has 1 saturated heterocycles. The standard InChI is InChI=1S/C13H17N5O3/c1-16-9-8(10(19)17(2)12(16)20)14-11(15-9)18-5-13(21,6-18)7-3-4-7/h7,21H,3-6H2,1-2H3,(H,14,15). The lowest BCUT2D eigenvalue weighted by Gasteiger charge is -2.46. The van der Waals surface area contributed by atoms with Crippen molar-refractivity contribution in [3.8, 4) is 0 Å². The zero-order chi connectivity index (χ0) is 14.9. The van der Waals surface area contributed by atoms with Crippen LogP contribution >= 0.6 is 0 Å². The Morgan fingerprint density at radius 3 is 2.52 bits per heavy atom. The highest BCUT2D eigenvalue weighted by atomic mass is 16.3. The van der Waals surface area contributed by atoms with Crippen molar-refractivity contribution >= 4 is 17.1 Å². The first-order valence-corrected chi connectivity index (χ1v) is 7.04. The molecule has 1 aliphatic heterocycles. The van der Waals surface area contributed by atoms with Gasteiger partial charge in [-0.25, -0.2) is 4.79 Å². The van der Waals surface area contributed by atoms with Crippen LogP contribution in [-0.2, 0) is 14.1 Å². The largest absolute Gasteiger partial charge is 0.386 e. The van der Waals surface area contributed by atoms with E-state index in [0.29, 0.717) is 36.1 Å². The molecule has 3 heterocycles. The maximum Gasteiger partial charge on any atom is 0.332 e. The summed E-state index contributed by atoms with van der Waals surface area (Å²) in [6, 6.07) is 0. The van der Waals surface area contributed by atoms with Crippen LogP contribution in [0.5, 0.6) is 0 Å². The van der Waals surface area contributed by atoms with Crippen molar-refractivity contribution in [3.05, 3.63) is 20.8 Å². The highest BCUT2D eigenvalue weighted by molar-refractivity contribution is 5.73. The number of H-pyrrole nitrogens is 1. The molecule has 4 rings (SSSR count). The van der Waals surface area contributed by atoms with E-state index in [2.05, 4.69) is 9.97 Å². The Hall–Kier alpha value is -2.09. The molecular formula is C13H17N5O3. The second kappa shape index (κ2) is 3.76. The highest BCUT2D eigenvalue weighted by Crippen LogP contribution is 2.45. The number of hydrogen-bond acceptors (Lipinski definition) is 5. The molecule has 2 aromatic heterocycles. The summed E-state index contributed by atoms with van der Waals surface area (Å²) in [6.45, 7) is 1.04. The summed E-state index contributed by atoms with van der Waals surface area (Å²) < 4.78 is 2.41. The number of aliphatic hydroxyl groups is 1. The molecule has 21 heavy (non-hydrogen) atoms. The molecule has 8 nitrogen and oxygen atoms in total. The molecule has 0 atom stereocenters. The van der Waals surface area contributed by atoms with Crippen molar-refractivity contribution in [2.75, 3.05) is 18.0 Å². The molecule has 112 valence electrons. The molecule has 0 bridgehead atoms. The van der Waals surface area contributed by atoms with Gasteiger partial charge in [-0.1, -0.05) is 0 Å². The van der Waals surface area contributed by atoms with Crippen LogP contribution < -0.4 is 16.1 Å². The van der Waals surface area contributed by atoms with Crippen LogP contribution in [-0.4, -0.2) is 42.9 Å². The Kier molecular flexibility index (Phi) is 2.26. The molecule has 0 radical (unpaired) electrons. The SMILES string of the molecule is Cn1c(=O)c2[nH]c(N3CC(O)(C4CC4)C3)nc2n(C)c1=O. The quantitative estimate of drug-likeness (QED) is 0.734. The summed E-state index contributed by atoms with van der Waals surface area (Å²) in [5.41, 5.74) is -0.736. The zero-order valence-corrected chi connectivity index (χ0v) is 12.0. The molecule has 0 spiro atoms. The molecule has 1 saturated carbocycles. The molecule has 1 aliphatic carbocycles. The Balaban J connectivity index is 1.75. The number of β-amino-alcohol motifs (C(OH)–C–C–N with tert-alkyl or cyclic N) is 1. The van der Waals surface area contributed by atoms with Crippen molar-refractivity contribution in [3.63, 3.8) is 0 Å². The van der Waals surface area contributed by atoms with Crippen molar-refractivity contribution in [2.24, 2.45) is 20.0 Å². The van der Waals surface area contributed by atoms with Crippen molar-refractivity contribution in [2.45, 2.75) is 18.4 Å². The summed E-state index contributed by atoms with van der Waals surface area (Å²) in [6.07, 6.45) is 2.17. The number of fused-ring (bicyclic) bond motifs is 1. The van der Waals surface area contributed by atoms with Crippen molar-refractivity contribution < 1.29 is 5.11 Å². The molecule has 0 aromatic carbocycles. The lowest BCUT2D eigenvalue weighted by atomic mass is 9.89. The van der Waals surface area contributed by atoms with Crippen LogP contribution in [0.15, 0.2) is 9.59 Å². The predicted octanol–water partition coefficient (Wildman–Crippen LogP) is -1.08. The number of nitrogens with zero attached hydrogens (tertiary/aromatic N) is 4. The molecule has 0 unspecified atom stereocenters. The molecule has 2 aliphatic rings. The number of hydrogen-bond donors (Lipinski definition) is 2. The average molecular weight is 291 g/mol. The Labute approximate surface area is 119 Å². The maximum atomic E-state index is 12.1. The third-order valence-corrected chi connectivity index (χ3v) is 4.65. The van der Waals surface area contributed by atoms with Gasteiger partial charge in [-0.05, 0) is 18.8 Å². The fourth-order valence-corrected chi connectivity index (χ4v) is 3.11. The van der Waals surface area contributed by atoms with Gasteiger partial charge < -0.3 is 15.0 Å². The van der Waals surface area contributed by atoms with Crippen LogP contribution in [0.25, 0.3) is 11.2 Å². The topological polar surface area (TPSA) is 96.2 Å². The van der Waals surface area contributed by atoms with Crippen LogP contribution in [0.3, 0.4) is 0 Å². The van der Waals surface area contributed by atoms with Crippen LogP contribution in [0.4, 0.5) is 5.95 Å². The van der Waals surface area contributed by atoms with E-state index in [4.69, 9.17) is 0 Å². The number of nitrogens with one attached hydrogen (secondary N) is 1. The predicted molar refractivity (Wildman–Crippen MR) is 76.5 cm³/mol. The number of anilines is 1. The first-order chi connectivity index (χ1) is 9.90. The number of imidazole rings is 1. The van der Waals surface area contributed by atoms with Crippen LogP contribution in [0, 0.1) is 5.92 Å². The van der Waals surface area contributed by atoms with Gasteiger partial charge in [0.2, 0.25) is 5.95 Å². The molecule has 2 aromatic rings. The van der Waals surface area contributed by atoms with E-state index in [1.54, 1.807) is 7.05 Å². The van der Waals surface area contributed by atoms with E-state index in [0.717, 1.165) is 17.4 Å². The minimum Gasteiger partial charge on any atom is -0.386 e. The number of aromatic amines is 1. The summed E-state index contributed by atoms with van der Waals surface area (Å²) in [7, 11) is 3.03. The lowest BCUT2D eigenvalue weighted by Crippen LogP contribution is -2.63. The van der Waals surface area contributed by atoms with E-state index in [1.807, 2.05) is 4.90 Å². The van der Waals surface area contributed by atoms with Crippen molar-refractivity contribution in [1.29, 1.82) is 0 Å². The maximum absolute atomic E-state index is 12.1. The summed E-state index contributed by atoms with van der Waals surface area (Å²) in [5, 5.41) is 10.3. The van der Waals surface area contributed by atoms with Crippen LogP contribution in [0.2, 0.25) is 0 Å². The Morgan fingerprint density at radius 1 is 1.24 bits per heavy atom. The van der Waals surface area contributed by atoms with Gasteiger partial charge in [-0.3, -0.25) is 13.9 Å². The number of rotatable bonds is 2. The van der Waals surface area contributed by atoms with Crippen molar-refractivity contribution in [1.82, 2.24) is 19.1 Å². The average Bonchev–Trinajstić information content (AvgIpc) is 3.19. The first kappa shape index (κ1) is 12.6. The molecule has 2 fully saturated rings. The normalized spacial score (nSPS) is 20.8. The molecule has 8 heteroatoms. The van der Waals surface area contributed by atoms with E-state index >= 15 is 0 Å². The minimum absolute atomic E-state index is 0.316. The highest BCUT2D eigenvalue weighted by Gasteiger charge is 2.52. The first-order valence-electron chi connectivity index (χ1n) is 7.04. The number of aryl methyl sites for hydroxylation is 1. The van der Waals surface area contributed by atoms with E-state index < -0.39 is 11.3 Å².